The molecule has 0 bridgehead atoms. The number of benzene rings is 1. The van der Waals surface area contributed by atoms with Gasteiger partial charge >= 0.3 is 0 Å². The summed E-state index contributed by atoms with van der Waals surface area (Å²) >= 11 is 0. The van der Waals surface area contributed by atoms with Crippen LogP contribution in [-0.2, 0) is 10.2 Å². The van der Waals surface area contributed by atoms with Crippen molar-refractivity contribution in [3.63, 3.8) is 0 Å². The number of nitrogens with two attached hydrogens (primary N) is 1. The number of rotatable bonds is 3. The largest absolute Gasteiger partial charge is 0.384 e. The van der Waals surface area contributed by atoms with Gasteiger partial charge in [-0.2, -0.15) is 0 Å². The van der Waals surface area contributed by atoms with Crippen LogP contribution in [-0.4, -0.2) is 19.8 Å². The minimum absolute atomic E-state index is 0.162. The van der Waals surface area contributed by atoms with Gasteiger partial charge in [0.05, 0.1) is 6.61 Å². The second-order valence-corrected chi connectivity index (χ2v) is 4.58. The second-order valence-electron chi connectivity index (χ2n) is 4.58. The van der Waals surface area contributed by atoms with E-state index in [0.29, 0.717) is 6.04 Å². The molecule has 1 aliphatic carbocycles. The quantitative estimate of drug-likeness (QED) is 0.820. The Morgan fingerprint density at radius 2 is 2.13 bits per heavy atom. The summed E-state index contributed by atoms with van der Waals surface area (Å²) in [6, 6.07) is 11.0. The molecular formula is C13H19NO. The van der Waals surface area contributed by atoms with Gasteiger partial charge in [0.2, 0.25) is 0 Å². The molecule has 82 valence electrons. The molecular weight excluding hydrogens is 186 g/mol. The maximum absolute atomic E-state index is 6.02. The molecule has 0 amide bonds. The average Bonchev–Trinajstić information content (AvgIpc) is 2.63. The smallest absolute Gasteiger partial charge is 0.0559 e. The Bertz CT molecular complexity index is 308. The summed E-state index contributed by atoms with van der Waals surface area (Å²) in [5.41, 5.74) is 7.56. The summed E-state index contributed by atoms with van der Waals surface area (Å²) in [5, 5.41) is 0. The van der Waals surface area contributed by atoms with E-state index in [4.69, 9.17) is 10.5 Å². The zero-order chi connectivity index (χ0) is 10.7. The molecule has 1 aromatic rings. The van der Waals surface area contributed by atoms with Gasteiger partial charge < -0.3 is 10.5 Å². The fraction of sp³-hybridized carbons (Fsp3) is 0.538. The molecule has 0 saturated heterocycles. The number of ether oxygens (including phenoxy) is 1. The molecule has 2 N–H and O–H groups in total. The first-order valence-electron chi connectivity index (χ1n) is 5.57. The number of hydrogen-bond donors (Lipinski definition) is 1. The highest BCUT2D eigenvalue weighted by Crippen LogP contribution is 2.40. The van der Waals surface area contributed by atoms with Crippen molar-refractivity contribution >= 4 is 0 Å². The Balaban J connectivity index is 2.27. The minimum Gasteiger partial charge on any atom is -0.384 e. The third kappa shape index (κ3) is 2.06. The van der Waals surface area contributed by atoms with Crippen molar-refractivity contribution in [2.75, 3.05) is 13.7 Å². The third-order valence-electron chi connectivity index (χ3n) is 3.45. The maximum Gasteiger partial charge on any atom is 0.0559 e. The van der Waals surface area contributed by atoms with E-state index in [1.54, 1.807) is 7.11 Å². The van der Waals surface area contributed by atoms with Crippen molar-refractivity contribution < 1.29 is 4.74 Å². The second kappa shape index (κ2) is 4.33. The maximum atomic E-state index is 6.02. The molecule has 0 heterocycles. The highest BCUT2D eigenvalue weighted by molar-refractivity contribution is 5.27. The zero-order valence-corrected chi connectivity index (χ0v) is 9.28. The summed E-state index contributed by atoms with van der Waals surface area (Å²) in [4.78, 5) is 0. The molecule has 0 spiro atoms. The van der Waals surface area contributed by atoms with Gasteiger partial charge in [-0.25, -0.2) is 0 Å². The summed E-state index contributed by atoms with van der Waals surface area (Å²) in [6.07, 6.45) is 3.30. The Morgan fingerprint density at radius 3 is 2.67 bits per heavy atom. The molecule has 2 nitrogen and oxygen atoms in total. The Morgan fingerprint density at radius 1 is 1.40 bits per heavy atom. The van der Waals surface area contributed by atoms with Gasteiger partial charge in [-0.3, -0.25) is 0 Å². The molecule has 2 rings (SSSR count). The van der Waals surface area contributed by atoms with Gasteiger partial charge in [0.15, 0.2) is 0 Å². The predicted molar refractivity (Wildman–Crippen MR) is 61.8 cm³/mol. The van der Waals surface area contributed by atoms with E-state index in [1.807, 2.05) is 0 Å². The third-order valence-corrected chi connectivity index (χ3v) is 3.45. The lowest BCUT2D eigenvalue weighted by molar-refractivity contribution is 0.131. The fourth-order valence-electron chi connectivity index (χ4n) is 2.71. The molecule has 1 aromatic carbocycles. The zero-order valence-electron chi connectivity index (χ0n) is 9.28. The van der Waals surface area contributed by atoms with Gasteiger partial charge in [-0.05, 0) is 24.8 Å². The summed E-state index contributed by atoms with van der Waals surface area (Å²) in [7, 11) is 1.77. The van der Waals surface area contributed by atoms with Gasteiger partial charge in [0.25, 0.3) is 0 Å². The molecule has 0 radical (unpaired) electrons. The highest BCUT2D eigenvalue weighted by Gasteiger charge is 2.39. The van der Waals surface area contributed by atoms with E-state index < -0.39 is 0 Å². The number of hydrogen-bond acceptors (Lipinski definition) is 2. The Hall–Kier alpha value is -0.860. The van der Waals surface area contributed by atoms with Crippen LogP contribution in [0.4, 0.5) is 0 Å². The van der Waals surface area contributed by atoms with Crippen molar-refractivity contribution in [3.05, 3.63) is 35.9 Å². The van der Waals surface area contributed by atoms with Crippen molar-refractivity contribution in [1.29, 1.82) is 0 Å². The van der Waals surface area contributed by atoms with Crippen LogP contribution in [0.15, 0.2) is 30.3 Å². The van der Waals surface area contributed by atoms with Gasteiger partial charge in [-0.15, -0.1) is 0 Å². The van der Waals surface area contributed by atoms with E-state index >= 15 is 0 Å². The summed E-state index contributed by atoms with van der Waals surface area (Å²) in [6.45, 7) is 0.782. The average molecular weight is 205 g/mol. The normalized spacial score (nSPS) is 30.7. The lowest BCUT2D eigenvalue weighted by Gasteiger charge is -2.29. The lowest BCUT2D eigenvalue weighted by atomic mass is 9.79. The van der Waals surface area contributed by atoms with Crippen LogP contribution in [0, 0.1) is 0 Å². The van der Waals surface area contributed by atoms with Crippen molar-refractivity contribution in [2.24, 2.45) is 5.73 Å². The van der Waals surface area contributed by atoms with Crippen LogP contribution >= 0.6 is 0 Å². The van der Waals surface area contributed by atoms with Crippen molar-refractivity contribution in [2.45, 2.75) is 30.7 Å². The molecule has 2 heteroatoms. The van der Waals surface area contributed by atoms with Crippen LogP contribution in [0.1, 0.15) is 24.8 Å². The molecule has 1 fully saturated rings. The molecule has 2 atom stereocenters. The molecule has 1 saturated carbocycles. The Kier molecular flexibility index (Phi) is 3.08. The Labute approximate surface area is 91.4 Å². The predicted octanol–water partition coefficient (Wildman–Crippen LogP) is 2.08. The highest BCUT2D eigenvalue weighted by atomic mass is 16.5. The molecule has 1 aliphatic rings. The van der Waals surface area contributed by atoms with Crippen molar-refractivity contribution in [1.82, 2.24) is 0 Å². The van der Waals surface area contributed by atoms with Crippen LogP contribution in [0.5, 0.6) is 0 Å². The summed E-state index contributed by atoms with van der Waals surface area (Å²) in [5.74, 6) is 0. The van der Waals surface area contributed by atoms with E-state index in [1.165, 1.54) is 5.56 Å². The monoisotopic (exact) mass is 205 g/mol. The first-order valence-corrected chi connectivity index (χ1v) is 5.57. The van der Waals surface area contributed by atoms with E-state index in [0.717, 1.165) is 25.9 Å². The SMILES string of the molecule is COC[C@]1(c2ccccc2)CC[C@@H](N)C1. The van der Waals surface area contributed by atoms with E-state index in [2.05, 4.69) is 30.3 Å². The summed E-state index contributed by atoms with van der Waals surface area (Å²) < 4.78 is 5.38. The van der Waals surface area contributed by atoms with Gasteiger partial charge in [0.1, 0.15) is 0 Å². The molecule has 0 aliphatic heterocycles. The first kappa shape index (κ1) is 10.7. The van der Waals surface area contributed by atoms with Crippen LogP contribution in [0.25, 0.3) is 0 Å². The van der Waals surface area contributed by atoms with Crippen molar-refractivity contribution in [3.8, 4) is 0 Å². The lowest BCUT2D eigenvalue weighted by Crippen LogP contribution is -2.30. The van der Waals surface area contributed by atoms with E-state index in [9.17, 15) is 0 Å². The first-order chi connectivity index (χ1) is 7.27. The minimum atomic E-state index is 0.162. The van der Waals surface area contributed by atoms with E-state index in [-0.39, 0.29) is 5.41 Å². The van der Waals surface area contributed by atoms with Crippen LogP contribution in [0.3, 0.4) is 0 Å². The topological polar surface area (TPSA) is 35.2 Å². The van der Waals surface area contributed by atoms with Gasteiger partial charge in [0, 0.05) is 18.6 Å². The molecule has 15 heavy (non-hydrogen) atoms. The fourth-order valence-corrected chi connectivity index (χ4v) is 2.71. The number of methoxy groups -OCH3 is 1. The molecule has 0 aromatic heterocycles. The van der Waals surface area contributed by atoms with Gasteiger partial charge in [-0.1, -0.05) is 30.3 Å². The van der Waals surface area contributed by atoms with Crippen LogP contribution in [0.2, 0.25) is 0 Å². The standard InChI is InChI=1S/C13H19NO/c1-15-10-13(8-7-12(14)9-13)11-5-3-2-4-6-11/h2-6,12H,7-10,14H2,1H3/t12-,13+/m1/s1. The van der Waals surface area contributed by atoms with Crippen LogP contribution < -0.4 is 5.73 Å². The molecule has 0 unspecified atom stereocenters.